The summed E-state index contributed by atoms with van der Waals surface area (Å²) in [6.45, 7) is 2.42. The first-order valence-electron chi connectivity index (χ1n) is 9.47. The summed E-state index contributed by atoms with van der Waals surface area (Å²) in [5.41, 5.74) is 2.86. The Hall–Kier alpha value is -3.52. The summed E-state index contributed by atoms with van der Waals surface area (Å²) >= 11 is 0. The Morgan fingerprint density at radius 1 is 0.903 bits per heavy atom. The monoisotopic (exact) mass is 440 g/mol. The van der Waals surface area contributed by atoms with Gasteiger partial charge in [-0.15, -0.1) is 0 Å². The van der Waals surface area contributed by atoms with E-state index in [0.717, 1.165) is 5.56 Å². The van der Waals surface area contributed by atoms with Crippen molar-refractivity contribution in [3.63, 3.8) is 0 Å². The van der Waals surface area contributed by atoms with E-state index in [1.165, 1.54) is 44.2 Å². The number of hydrogen-bond donors (Lipinski definition) is 1. The number of rotatable bonds is 9. The van der Waals surface area contributed by atoms with Crippen LogP contribution < -0.4 is 19.0 Å². The molecule has 0 bridgehead atoms. The highest BCUT2D eigenvalue weighted by atomic mass is 32.2. The molecule has 0 heterocycles. The summed E-state index contributed by atoms with van der Waals surface area (Å²) in [6, 6.07) is 19.6. The minimum absolute atomic E-state index is 0.00575. The van der Waals surface area contributed by atoms with Crippen LogP contribution in [0.4, 0.5) is 0 Å². The number of hydrazone groups is 1. The summed E-state index contributed by atoms with van der Waals surface area (Å²) in [4.78, 5) is 2.22. The summed E-state index contributed by atoms with van der Waals surface area (Å²) in [5.74, 6) is 1.34. The van der Waals surface area contributed by atoms with Crippen LogP contribution in [0.2, 0.25) is 0 Å². The van der Waals surface area contributed by atoms with Crippen molar-refractivity contribution in [2.75, 3.05) is 14.2 Å². The van der Waals surface area contributed by atoms with Gasteiger partial charge in [0.25, 0.3) is 10.0 Å². The third-order valence-electron chi connectivity index (χ3n) is 4.48. The smallest absolute Gasteiger partial charge is 0.276 e. The lowest BCUT2D eigenvalue weighted by atomic mass is 10.1. The van der Waals surface area contributed by atoms with Gasteiger partial charge in [-0.25, -0.2) is 4.83 Å². The number of nitrogens with zero attached hydrogens (tertiary/aromatic N) is 1. The van der Waals surface area contributed by atoms with Gasteiger partial charge in [-0.05, 0) is 36.8 Å². The molecule has 0 atom stereocenters. The van der Waals surface area contributed by atoms with Crippen LogP contribution in [-0.4, -0.2) is 28.9 Å². The van der Waals surface area contributed by atoms with Crippen molar-refractivity contribution in [2.24, 2.45) is 5.10 Å². The normalized spacial score (nSPS) is 11.3. The van der Waals surface area contributed by atoms with E-state index in [0.29, 0.717) is 29.4 Å². The minimum atomic E-state index is -3.88. The van der Waals surface area contributed by atoms with Gasteiger partial charge in [0.05, 0.1) is 25.3 Å². The standard InChI is InChI=1S/C23H24N2O5S/c1-17-8-10-18(11-9-17)16-30-21-7-5-4-6-19(21)15-24-25-31(26,27)20-12-13-22(28-2)23(14-20)29-3/h4-15,25H,16H2,1-3H3/b24-15+. The fourth-order valence-electron chi connectivity index (χ4n) is 2.77. The Balaban J connectivity index is 1.71. The molecule has 0 radical (unpaired) electrons. The number of ether oxygens (including phenoxy) is 3. The molecule has 0 amide bonds. The van der Waals surface area contributed by atoms with Crippen LogP contribution in [-0.2, 0) is 16.6 Å². The van der Waals surface area contributed by atoms with Crippen LogP contribution in [0, 0.1) is 6.92 Å². The second-order valence-corrected chi connectivity index (χ2v) is 8.34. The van der Waals surface area contributed by atoms with Crippen molar-refractivity contribution in [3.05, 3.63) is 83.4 Å². The molecule has 8 heteroatoms. The van der Waals surface area contributed by atoms with Crippen molar-refractivity contribution in [3.8, 4) is 17.2 Å². The third kappa shape index (κ3) is 5.76. The van der Waals surface area contributed by atoms with E-state index < -0.39 is 10.0 Å². The molecule has 0 fully saturated rings. The molecule has 0 saturated carbocycles. The van der Waals surface area contributed by atoms with Gasteiger partial charge in [-0.1, -0.05) is 42.0 Å². The van der Waals surface area contributed by atoms with E-state index in [4.69, 9.17) is 14.2 Å². The average molecular weight is 441 g/mol. The second-order valence-electron chi connectivity index (χ2n) is 6.68. The van der Waals surface area contributed by atoms with Gasteiger partial charge in [0, 0.05) is 11.6 Å². The molecule has 3 aromatic rings. The zero-order valence-electron chi connectivity index (χ0n) is 17.5. The van der Waals surface area contributed by atoms with E-state index in [1.807, 2.05) is 43.3 Å². The third-order valence-corrected chi connectivity index (χ3v) is 5.70. The van der Waals surface area contributed by atoms with Crippen molar-refractivity contribution < 1.29 is 22.6 Å². The van der Waals surface area contributed by atoms with Gasteiger partial charge in [0.2, 0.25) is 0 Å². The molecule has 7 nitrogen and oxygen atoms in total. The molecule has 0 aliphatic rings. The Morgan fingerprint density at radius 2 is 1.61 bits per heavy atom. The molecule has 0 spiro atoms. The van der Waals surface area contributed by atoms with Gasteiger partial charge in [-0.3, -0.25) is 0 Å². The lowest BCUT2D eigenvalue weighted by Crippen LogP contribution is -2.18. The number of aryl methyl sites for hydroxylation is 1. The fourth-order valence-corrected chi connectivity index (χ4v) is 3.57. The highest BCUT2D eigenvalue weighted by Crippen LogP contribution is 2.29. The van der Waals surface area contributed by atoms with E-state index in [9.17, 15) is 8.42 Å². The highest BCUT2D eigenvalue weighted by molar-refractivity contribution is 7.89. The first-order chi connectivity index (χ1) is 14.9. The average Bonchev–Trinajstić information content (AvgIpc) is 2.78. The Bertz CT molecular complexity index is 1160. The maximum Gasteiger partial charge on any atom is 0.276 e. The van der Waals surface area contributed by atoms with Crippen LogP contribution in [0.5, 0.6) is 17.2 Å². The molecule has 0 saturated heterocycles. The van der Waals surface area contributed by atoms with Crippen LogP contribution in [0.1, 0.15) is 16.7 Å². The zero-order chi connectivity index (χ0) is 22.3. The lowest BCUT2D eigenvalue weighted by Gasteiger charge is -2.10. The molecule has 3 rings (SSSR count). The predicted molar refractivity (Wildman–Crippen MR) is 119 cm³/mol. The van der Waals surface area contributed by atoms with E-state index >= 15 is 0 Å². The number of sulfonamides is 1. The quantitative estimate of drug-likeness (QED) is 0.403. The maximum atomic E-state index is 12.6. The number of para-hydroxylation sites is 1. The Kier molecular flexibility index (Phi) is 7.15. The molecule has 162 valence electrons. The van der Waals surface area contributed by atoms with E-state index in [1.54, 1.807) is 12.1 Å². The van der Waals surface area contributed by atoms with Gasteiger partial charge in [0.1, 0.15) is 12.4 Å². The van der Waals surface area contributed by atoms with Gasteiger partial charge in [-0.2, -0.15) is 13.5 Å². The molecular weight excluding hydrogens is 416 g/mol. The van der Waals surface area contributed by atoms with Crippen LogP contribution in [0.15, 0.2) is 76.7 Å². The van der Waals surface area contributed by atoms with Crippen molar-refractivity contribution in [2.45, 2.75) is 18.4 Å². The maximum absolute atomic E-state index is 12.6. The van der Waals surface area contributed by atoms with Crippen molar-refractivity contribution in [1.82, 2.24) is 4.83 Å². The SMILES string of the molecule is COc1ccc(S(=O)(=O)N/N=C/c2ccccc2OCc2ccc(C)cc2)cc1OC. The largest absolute Gasteiger partial charge is 0.493 e. The minimum Gasteiger partial charge on any atom is -0.493 e. The molecule has 0 aliphatic carbocycles. The molecule has 3 aromatic carbocycles. The molecule has 0 unspecified atom stereocenters. The molecule has 0 aromatic heterocycles. The number of methoxy groups -OCH3 is 2. The Labute approximate surface area is 182 Å². The van der Waals surface area contributed by atoms with E-state index in [-0.39, 0.29) is 4.90 Å². The predicted octanol–water partition coefficient (Wildman–Crippen LogP) is 3.90. The van der Waals surface area contributed by atoms with Crippen molar-refractivity contribution >= 4 is 16.2 Å². The Morgan fingerprint density at radius 3 is 2.32 bits per heavy atom. The number of nitrogens with one attached hydrogen (secondary N) is 1. The summed E-state index contributed by atoms with van der Waals surface area (Å²) in [5, 5.41) is 3.90. The van der Waals surface area contributed by atoms with Crippen LogP contribution in [0.3, 0.4) is 0 Å². The molecule has 1 N–H and O–H groups in total. The topological polar surface area (TPSA) is 86.2 Å². The highest BCUT2D eigenvalue weighted by Gasteiger charge is 2.16. The van der Waals surface area contributed by atoms with Crippen LogP contribution >= 0.6 is 0 Å². The second kappa shape index (κ2) is 9.99. The zero-order valence-corrected chi connectivity index (χ0v) is 18.3. The summed E-state index contributed by atoms with van der Waals surface area (Å²) < 4.78 is 41.3. The van der Waals surface area contributed by atoms with Gasteiger partial charge < -0.3 is 14.2 Å². The number of hydrogen-bond acceptors (Lipinski definition) is 6. The first-order valence-corrected chi connectivity index (χ1v) is 11.0. The molecular formula is C23H24N2O5S. The lowest BCUT2D eigenvalue weighted by molar-refractivity contribution is 0.306. The van der Waals surface area contributed by atoms with Crippen molar-refractivity contribution in [1.29, 1.82) is 0 Å². The number of benzene rings is 3. The van der Waals surface area contributed by atoms with Crippen LogP contribution in [0.25, 0.3) is 0 Å². The van der Waals surface area contributed by atoms with Gasteiger partial charge >= 0.3 is 0 Å². The summed E-state index contributed by atoms with van der Waals surface area (Å²) in [7, 11) is -0.968. The van der Waals surface area contributed by atoms with Gasteiger partial charge in [0.15, 0.2) is 11.5 Å². The fraction of sp³-hybridized carbons (Fsp3) is 0.174. The summed E-state index contributed by atoms with van der Waals surface area (Å²) in [6.07, 6.45) is 1.41. The van der Waals surface area contributed by atoms with E-state index in [2.05, 4.69) is 9.93 Å². The first kappa shape index (κ1) is 22.2. The molecule has 31 heavy (non-hydrogen) atoms. The molecule has 0 aliphatic heterocycles.